The summed E-state index contributed by atoms with van der Waals surface area (Å²) in [6.45, 7) is 3.46. The molecule has 0 radical (unpaired) electrons. The monoisotopic (exact) mass is 192 g/mol. The number of carbonyl (C=O) groups excluding carboxylic acids is 2. The molecule has 0 heterocycles. The fourth-order valence-electron chi connectivity index (χ4n) is 0.462. The van der Waals surface area contributed by atoms with Crippen molar-refractivity contribution in [3.8, 4) is 0 Å². The first kappa shape index (κ1) is 11.3. The van der Waals surface area contributed by atoms with Crippen molar-refractivity contribution in [2.24, 2.45) is 0 Å². The Bertz CT molecular complexity index is 159. The van der Waals surface area contributed by atoms with E-state index in [1.165, 1.54) is 18.7 Å². The molecular weight excluding hydrogens is 180 g/mol. The molecule has 0 spiro atoms. The van der Waals surface area contributed by atoms with Gasteiger partial charge < -0.3 is 9.47 Å². The lowest BCUT2D eigenvalue weighted by molar-refractivity contribution is -0.175. The van der Waals surface area contributed by atoms with Crippen molar-refractivity contribution in [3.63, 3.8) is 0 Å². The van der Waals surface area contributed by atoms with Gasteiger partial charge in [0.2, 0.25) is 6.29 Å². The summed E-state index contributed by atoms with van der Waals surface area (Å²) in [5.41, 5.74) is 0. The van der Waals surface area contributed by atoms with Crippen molar-refractivity contribution >= 4 is 24.2 Å². The molecule has 0 aromatic heterocycles. The van der Waals surface area contributed by atoms with Gasteiger partial charge in [0, 0.05) is 6.92 Å². The van der Waals surface area contributed by atoms with E-state index in [2.05, 4.69) is 4.74 Å². The third kappa shape index (κ3) is 4.23. The Kier molecular flexibility index (Phi) is 5.53. The minimum atomic E-state index is -0.801. The Hall–Kier alpha value is -0.710. The van der Waals surface area contributed by atoms with Crippen LogP contribution >= 0.6 is 11.8 Å². The van der Waals surface area contributed by atoms with Crippen LogP contribution in [-0.4, -0.2) is 30.2 Å². The van der Waals surface area contributed by atoms with Crippen LogP contribution in [0.2, 0.25) is 0 Å². The summed E-state index contributed by atoms with van der Waals surface area (Å²) < 4.78 is 9.10. The van der Waals surface area contributed by atoms with Crippen molar-refractivity contribution in [1.82, 2.24) is 0 Å². The zero-order chi connectivity index (χ0) is 9.56. The molecule has 0 rings (SSSR count). The fraction of sp³-hybridized carbons (Fsp3) is 0.714. The molecule has 0 aromatic rings. The first-order valence-corrected chi connectivity index (χ1v) is 4.73. The Morgan fingerprint density at radius 1 is 1.50 bits per heavy atom. The van der Waals surface area contributed by atoms with Gasteiger partial charge in [0.1, 0.15) is 0 Å². The number of esters is 1. The van der Waals surface area contributed by atoms with Crippen molar-refractivity contribution in [2.45, 2.75) is 25.4 Å². The highest BCUT2D eigenvalue weighted by Gasteiger charge is 2.16. The van der Waals surface area contributed by atoms with Gasteiger partial charge in [0.15, 0.2) is 0 Å². The van der Waals surface area contributed by atoms with E-state index in [4.69, 9.17) is 4.74 Å². The van der Waals surface area contributed by atoms with Gasteiger partial charge in [0.05, 0.1) is 5.25 Å². The van der Waals surface area contributed by atoms with Crippen molar-refractivity contribution < 1.29 is 19.1 Å². The van der Waals surface area contributed by atoms with E-state index in [0.717, 1.165) is 0 Å². The second-order valence-corrected chi connectivity index (χ2v) is 3.29. The quantitative estimate of drug-likeness (QED) is 0.366. The topological polar surface area (TPSA) is 52.6 Å². The van der Waals surface area contributed by atoms with Crippen molar-refractivity contribution in [3.05, 3.63) is 0 Å². The first-order chi connectivity index (χ1) is 5.61. The van der Waals surface area contributed by atoms with Crippen LogP contribution in [0.3, 0.4) is 0 Å². The molecule has 0 aliphatic heterocycles. The van der Waals surface area contributed by atoms with Crippen LogP contribution in [0.4, 0.5) is 0 Å². The largest absolute Gasteiger partial charge is 0.428 e. The molecule has 0 saturated carbocycles. The molecule has 0 N–H and O–H groups in total. The number of carbonyl (C=O) groups is 2. The second kappa shape index (κ2) is 5.88. The Balaban J connectivity index is 3.75. The molecule has 5 heteroatoms. The van der Waals surface area contributed by atoms with Gasteiger partial charge in [-0.25, -0.2) is 0 Å². The molecule has 2 unspecified atom stereocenters. The molecular formula is C7H12O4S. The predicted molar refractivity (Wildman–Crippen MR) is 45.7 cm³/mol. The van der Waals surface area contributed by atoms with Crippen LogP contribution in [-0.2, 0) is 19.1 Å². The molecule has 0 amide bonds. The Morgan fingerprint density at radius 3 is 2.50 bits per heavy atom. The molecule has 12 heavy (non-hydrogen) atoms. The highest BCUT2D eigenvalue weighted by molar-refractivity contribution is 7.99. The summed E-state index contributed by atoms with van der Waals surface area (Å²) in [6, 6.07) is 0. The number of hydrogen-bond donors (Lipinski definition) is 0. The standard InChI is InChI=1S/C7H12O4S/c1-5(12-3)7(9)11-6(2)10-4-8/h4-6H,1-3H3. The Morgan fingerprint density at radius 2 is 2.08 bits per heavy atom. The maximum atomic E-state index is 11.0. The van der Waals surface area contributed by atoms with Crippen LogP contribution < -0.4 is 0 Å². The van der Waals surface area contributed by atoms with Gasteiger partial charge in [0.25, 0.3) is 6.47 Å². The van der Waals surface area contributed by atoms with Gasteiger partial charge in [-0.3, -0.25) is 9.59 Å². The second-order valence-electron chi connectivity index (χ2n) is 2.11. The van der Waals surface area contributed by atoms with Crippen molar-refractivity contribution in [2.75, 3.05) is 6.26 Å². The molecule has 0 aliphatic carbocycles. The highest BCUT2D eigenvalue weighted by Crippen LogP contribution is 2.08. The van der Waals surface area contributed by atoms with Crippen LogP contribution in [0, 0.1) is 0 Å². The number of hydrogen-bond acceptors (Lipinski definition) is 5. The average molecular weight is 192 g/mol. The van der Waals surface area contributed by atoms with E-state index >= 15 is 0 Å². The third-order valence-electron chi connectivity index (χ3n) is 1.21. The lowest BCUT2D eigenvalue weighted by atomic mass is 10.5. The average Bonchev–Trinajstić information content (AvgIpc) is 2.03. The van der Waals surface area contributed by atoms with Gasteiger partial charge >= 0.3 is 5.97 Å². The van der Waals surface area contributed by atoms with Crippen LogP contribution in [0.1, 0.15) is 13.8 Å². The lowest BCUT2D eigenvalue weighted by Gasteiger charge is -2.13. The molecule has 0 saturated heterocycles. The van der Waals surface area contributed by atoms with Crippen LogP contribution in [0.15, 0.2) is 0 Å². The molecule has 2 atom stereocenters. The summed E-state index contributed by atoms with van der Waals surface area (Å²) in [4.78, 5) is 20.8. The number of rotatable bonds is 5. The van der Waals surface area contributed by atoms with E-state index in [1.807, 2.05) is 0 Å². The van der Waals surface area contributed by atoms with Gasteiger partial charge in [-0.1, -0.05) is 0 Å². The smallest absolute Gasteiger partial charge is 0.321 e. The van der Waals surface area contributed by atoms with E-state index in [1.54, 1.807) is 13.2 Å². The normalized spacial score (nSPS) is 14.6. The van der Waals surface area contributed by atoms with Gasteiger partial charge in [-0.2, -0.15) is 11.8 Å². The van der Waals surface area contributed by atoms with E-state index in [9.17, 15) is 9.59 Å². The van der Waals surface area contributed by atoms with E-state index < -0.39 is 6.29 Å². The first-order valence-electron chi connectivity index (χ1n) is 3.44. The summed E-state index contributed by atoms with van der Waals surface area (Å²) in [7, 11) is 0. The maximum Gasteiger partial charge on any atom is 0.321 e. The molecule has 0 fully saturated rings. The Labute approximate surface area is 75.6 Å². The molecule has 0 aliphatic rings. The van der Waals surface area contributed by atoms with E-state index in [-0.39, 0.29) is 17.7 Å². The summed E-state index contributed by atoms with van der Waals surface area (Å²) in [6.07, 6.45) is 1.00. The fourth-order valence-corrected chi connectivity index (χ4v) is 0.710. The van der Waals surface area contributed by atoms with Crippen molar-refractivity contribution in [1.29, 1.82) is 0 Å². The summed E-state index contributed by atoms with van der Waals surface area (Å²) >= 11 is 1.37. The molecule has 0 bridgehead atoms. The van der Waals surface area contributed by atoms with E-state index in [0.29, 0.717) is 0 Å². The number of thioether (sulfide) groups is 1. The van der Waals surface area contributed by atoms with Crippen LogP contribution in [0.25, 0.3) is 0 Å². The molecule has 70 valence electrons. The minimum Gasteiger partial charge on any atom is -0.428 e. The SMILES string of the molecule is CSC(C)C(=O)OC(C)OC=O. The summed E-state index contributed by atoms with van der Waals surface area (Å²) in [5, 5.41) is -0.234. The third-order valence-corrected chi connectivity index (χ3v) is 2.11. The van der Waals surface area contributed by atoms with Crippen LogP contribution in [0.5, 0.6) is 0 Å². The maximum absolute atomic E-state index is 11.0. The molecule has 0 aromatic carbocycles. The predicted octanol–water partition coefficient (Wildman–Crippen LogP) is 0.800. The minimum absolute atomic E-state index is 0.234. The van der Waals surface area contributed by atoms with Gasteiger partial charge in [-0.05, 0) is 13.2 Å². The number of ether oxygens (including phenoxy) is 2. The zero-order valence-electron chi connectivity index (χ0n) is 7.27. The van der Waals surface area contributed by atoms with Gasteiger partial charge in [-0.15, -0.1) is 0 Å². The summed E-state index contributed by atoms with van der Waals surface area (Å²) in [5.74, 6) is -0.378. The zero-order valence-corrected chi connectivity index (χ0v) is 8.09. The lowest BCUT2D eigenvalue weighted by Crippen LogP contribution is -2.23. The highest BCUT2D eigenvalue weighted by atomic mass is 32.2. The molecule has 4 nitrogen and oxygen atoms in total.